The smallest absolute Gasteiger partial charge is 0.342 e. The highest BCUT2D eigenvalue weighted by Crippen LogP contribution is 2.31. The monoisotopic (exact) mass is 326 g/mol. The Morgan fingerprint density at radius 3 is 2.57 bits per heavy atom. The number of benzene rings is 1. The maximum atomic E-state index is 11.5. The molecule has 1 aromatic carbocycles. The van der Waals surface area contributed by atoms with Crippen LogP contribution in [0.4, 0.5) is 0 Å². The lowest BCUT2D eigenvalue weighted by Crippen LogP contribution is -2.28. The molecule has 130 valence electrons. The number of hydrogen-bond donors (Lipinski definition) is 3. The van der Waals surface area contributed by atoms with Crippen molar-refractivity contribution in [2.45, 2.75) is 45.6 Å². The molecule has 0 heterocycles. The van der Waals surface area contributed by atoms with Gasteiger partial charge in [0.25, 0.3) is 0 Å². The summed E-state index contributed by atoms with van der Waals surface area (Å²) in [5.74, 6) is 0.0306. The molecule has 0 aliphatic heterocycles. The van der Waals surface area contributed by atoms with Gasteiger partial charge >= 0.3 is 5.97 Å². The van der Waals surface area contributed by atoms with E-state index in [1.807, 2.05) is 0 Å². The van der Waals surface area contributed by atoms with Crippen LogP contribution >= 0.6 is 0 Å². The van der Waals surface area contributed by atoms with Crippen LogP contribution in [0.3, 0.4) is 0 Å². The third kappa shape index (κ3) is 7.34. The van der Waals surface area contributed by atoms with Gasteiger partial charge in [0.1, 0.15) is 5.75 Å². The quantitative estimate of drug-likeness (QED) is 0.347. The third-order valence-electron chi connectivity index (χ3n) is 3.27. The van der Waals surface area contributed by atoms with Crippen molar-refractivity contribution in [3.63, 3.8) is 0 Å². The minimum Gasteiger partial charge on any atom is -0.508 e. The first kappa shape index (κ1) is 19.3. The number of rotatable bonds is 10. The highest BCUT2D eigenvalue weighted by atomic mass is 16.6. The largest absolute Gasteiger partial charge is 0.508 e. The maximum Gasteiger partial charge on any atom is 0.342 e. The van der Waals surface area contributed by atoms with Crippen molar-refractivity contribution in [3.8, 4) is 17.2 Å². The van der Waals surface area contributed by atoms with E-state index in [0.29, 0.717) is 12.5 Å². The van der Waals surface area contributed by atoms with Gasteiger partial charge in [0.2, 0.25) is 0 Å². The van der Waals surface area contributed by atoms with Gasteiger partial charge in [-0.2, -0.15) is 0 Å². The van der Waals surface area contributed by atoms with E-state index in [0.717, 1.165) is 19.3 Å². The van der Waals surface area contributed by atoms with Crippen LogP contribution in [0.25, 0.3) is 0 Å². The number of carbonyl (C=O) groups excluding carboxylic acids is 1. The van der Waals surface area contributed by atoms with Crippen molar-refractivity contribution in [1.82, 2.24) is 0 Å². The molecule has 0 aliphatic carbocycles. The number of aliphatic hydroxyl groups excluding tert-OH is 2. The van der Waals surface area contributed by atoms with E-state index in [2.05, 4.69) is 13.8 Å². The predicted octanol–water partition coefficient (Wildman–Crippen LogP) is 2.25. The SMILES string of the molecule is CC(C)CCCCCOc1cc(O)ccc1OC(=O)C(O)CO. The fourth-order valence-corrected chi connectivity index (χ4v) is 1.96. The predicted molar refractivity (Wildman–Crippen MR) is 85.6 cm³/mol. The molecule has 1 rings (SSSR count). The van der Waals surface area contributed by atoms with Gasteiger partial charge in [0, 0.05) is 6.07 Å². The van der Waals surface area contributed by atoms with E-state index in [4.69, 9.17) is 14.6 Å². The summed E-state index contributed by atoms with van der Waals surface area (Å²) in [5, 5.41) is 27.5. The summed E-state index contributed by atoms with van der Waals surface area (Å²) in [6.07, 6.45) is 2.59. The number of carbonyl (C=O) groups is 1. The Hall–Kier alpha value is -1.79. The number of phenols is 1. The second-order valence-corrected chi connectivity index (χ2v) is 5.84. The standard InChI is InChI=1S/C17H26O6/c1-12(2)6-4-3-5-9-22-16-10-13(19)7-8-15(16)23-17(21)14(20)11-18/h7-8,10,12,14,18-20H,3-6,9,11H2,1-2H3. The Morgan fingerprint density at radius 1 is 1.17 bits per heavy atom. The molecule has 6 heteroatoms. The average Bonchev–Trinajstić information content (AvgIpc) is 2.51. The molecule has 1 atom stereocenters. The number of phenolic OH excluding ortho intramolecular Hbond substituents is 1. The molecule has 23 heavy (non-hydrogen) atoms. The third-order valence-corrected chi connectivity index (χ3v) is 3.27. The first-order chi connectivity index (χ1) is 10.9. The maximum absolute atomic E-state index is 11.5. The zero-order chi connectivity index (χ0) is 17.2. The molecule has 0 aliphatic rings. The molecule has 0 saturated carbocycles. The first-order valence-corrected chi connectivity index (χ1v) is 7.90. The van der Waals surface area contributed by atoms with Gasteiger partial charge in [-0.1, -0.05) is 33.1 Å². The number of unbranched alkanes of at least 4 members (excludes halogenated alkanes) is 2. The number of esters is 1. The molecule has 1 unspecified atom stereocenters. The molecule has 0 bridgehead atoms. The molecule has 0 fully saturated rings. The molecular weight excluding hydrogens is 300 g/mol. The second-order valence-electron chi connectivity index (χ2n) is 5.84. The van der Waals surface area contributed by atoms with Crippen molar-refractivity contribution < 1.29 is 29.6 Å². The highest BCUT2D eigenvalue weighted by Gasteiger charge is 2.18. The molecule has 1 aromatic rings. The van der Waals surface area contributed by atoms with E-state index >= 15 is 0 Å². The van der Waals surface area contributed by atoms with E-state index in [1.54, 1.807) is 0 Å². The van der Waals surface area contributed by atoms with Crippen LogP contribution in [0.1, 0.15) is 39.5 Å². The zero-order valence-electron chi connectivity index (χ0n) is 13.7. The second kappa shape index (κ2) is 10.1. The van der Waals surface area contributed by atoms with Gasteiger partial charge in [-0.3, -0.25) is 0 Å². The first-order valence-electron chi connectivity index (χ1n) is 7.90. The Labute approximate surface area is 136 Å². The van der Waals surface area contributed by atoms with Crippen LogP contribution in [-0.4, -0.2) is 40.6 Å². The van der Waals surface area contributed by atoms with Crippen LogP contribution in [0.5, 0.6) is 17.2 Å². The fourth-order valence-electron chi connectivity index (χ4n) is 1.96. The number of aliphatic hydroxyl groups is 2. The lowest BCUT2D eigenvalue weighted by Gasteiger charge is -2.13. The average molecular weight is 326 g/mol. The Kier molecular flexibility index (Phi) is 8.43. The normalized spacial score (nSPS) is 12.2. The summed E-state index contributed by atoms with van der Waals surface area (Å²) in [6, 6.07) is 4.08. The van der Waals surface area contributed by atoms with Gasteiger partial charge in [-0.15, -0.1) is 0 Å². The highest BCUT2D eigenvalue weighted by molar-refractivity contribution is 5.77. The van der Waals surface area contributed by atoms with Crippen molar-refractivity contribution in [2.24, 2.45) is 5.92 Å². The molecule has 0 radical (unpaired) electrons. The van der Waals surface area contributed by atoms with Crippen LogP contribution in [0.15, 0.2) is 18.2 Å². The minimum atomic E-state index is -1.60. The zero-order valence-corrected chi connectivity index (χ0v) is 13.7. The lowest BCUT2D eigenvalue weighted by atomic mass is 10.1. The Morgan fingerprint density at radius 2 is 1.91 bits per heavy atom. The molecule has 6 nitrogen and oxygen atoms in total. The lowest BCUT2D eigenvalue weighted by molar-refractivity contribution is -0.145. The van der Waals surface area contributed by atoms with Gasteiger partial charge in [-0.25, -0.2) is 4.79 Å². The van der Waals surface area contributed by atoms with Crippen LogP contribution in [-0.2, 0) is 4.79 Å². The van der Waals surface area contributed by atoms with Crippen molar-refractivity contribution in [2.75, 3.05) is 13.2 Å². The van der Waals surface area contributed by atoms with Crippen molar-refractivity contribution in [3.05, 3.63) is 18.2 Å². The summed E-state index contributed by atoms with van der Waals surface area (Å²) in [5.41, 5.74) is 0. The van der Waals surface area contributed by atoms with Gasteiger partial charge < -0.3 is 24.8 Å². The fraction of sp³-hybridized carbons (Fsp3) is 0.588. The van der Waals surface area contributed by atoms with Crippen LogP contribution in [0.2, 0.25) is 0 Å². The van der Waals surface area contributed by atoms with Gasteiger partial charge in [0.15, 0.2) is 17.6 Å². The summed E-state index contributed by atoms with van der Waals surface area (Å²) in [7, 11) is 0. The Balaban J connectivity index is 2.53. The van der Waals surface area contributed by atoms with Gasteiger partial charge in [-0.05, 0) is 24.5 Å². The number of ether oxygens (including phenoxy) is 2. The molecular formula is C17H26O6. The molecule has 0 spiro atoms. The van der Waals surface area contributed by atoms with Crippen molar-refractivity contribution in [1.29, 1.82) is 0 Å². The summed E-state index contributed by atoms with van der Waals surface area (Å²) in [4.78, 5) is 11.5. The molecule has 0 saturated heterocycles. The van der Waals surface area contributed by atoms with E-state index < -0.39 is 18.7 Å². The van der Waals surface area contributed by atoms with E-state index in [-0.39, 0.29) is 17.2 Å². The van der Waals surface area contributed by atoms with E-state index in [1.165, 1.54) is 24.6 Å². The topological polar surface area (TPSA) is 96.2 Å². The molecule has 0 amide bonds. The van der Waals surface area contributed by atoms with Gasteiger partial charge in [0.05, 0.1) is 13.2 Å². The molecule has 3 N–H and O–H groups in total. The summed E-state index contributed by atoms with van der Waals surface area (Å²) < 4.78 is 10.5. The Bertz CT molecular complexity index is 486. The van der Waals surface area contributed by atoms with E-state index in [9.17, 15) is 15.0 Å². The minimum absolute atomic E-state index is 0.0117. The molecule has 0 aromatic heterocycles. The summed E-state index contributed by atoms with van der Waals surface area (Å²) in [6.45, 7) is 4.09. The van der Waals surface area contributed by atoms with Crippen LogP contribution < -0.4 is 9.47 Å². The number of hydrogen-bond acceptors (Lipinski definition) is 6. The number of aromatic hydroxyl groups is 1. The summed E-state index contributed by atoms with van der Waals surface area (Å²) >= 11 is 0. The van der Waals surface area contributed by atoms with Crippen LogP contribution in [0, 0.1) is 5.92 Å². The van der Waals surface area contributed by atoms with Crippen molar-refractivity contribution >= 4 is 5.97 Å².